The predicted molar refractivity (Wildman–Crippen MR) is 138 cm³/mol. The normalized spacial score (nSPS) is 12.0. The van der Waals surface area contributed by atoms with Gasteiger partial charge in [-0.1, -0.05) is 31.2 Å². The van der Waals surface area contributed by atoms with Crippen molar-refractivity contribution in [2.75, 3.05) is 18.2 Å². The molecule has 0 bridgehead atoms. The van der Waals surface area contributed by atoms with E-state index < -0.39 is 6.04 Å². The number of benzene rings is 3. The Morgan fingerprint density at radius 3 is 2.77 bits per heavy atom. The number of halogens is 1. The second-order valence-corrected chi connectivity index (χ2v) is 8.29. The van der Waals surface area contributed by atoms with Gasteiger partial charge in [0.05, 0.1) is 12.8 Å². The van der Waals surface area contributed by atoms with E-state index in [-0.39, 0.29) is 5.82 Å². The van der Waals surface area contributed by atoms with E-state index in [1.165, 1.54) is 6.07 Å². The number of methoxy groups -OCH3 is 1. The van der Waals surface area contributed by atoms with Crippen LogP contribution in [0.2, 0.25) is 0 Å². The number of anilines is 2. The molecule has 0 radical (unpaired) electrons. The maximum Gasteiger partial charge on any atom is 0.134 e. The minimum Gasteiger partial charge on any atom is -0.496 e. The van der Waals surface area contributed by atoms with Crippen LogP contribution >= 0.6 is 0 Å². The summed E-state index contributed by atoms with van der Waals surface area (Å²) < 4.78 is 20.7. The number of pyridine rings is 1. The van der Waals surface area contributed by atoms with Gasteiger partial charge in [0.2, 0.25) is 0 Å². The Bertz CT molecular complexity index is 1500. The summed E-state index contributed by atoms with van der Waals surface area (Å²) >= 11 is 0. The van der Waals surface area contributed by atoms with Crippen LogP contribution in [-0.2, 0) is 6.42 Å². The molecule has 7 heteroatoms. The van der Waals surface area contributed by atoms with Crippen LogP contribution in [0.15, 0.2) is 79.1 Å². The monoisotopic (exact) mass is 467 g/mol. The van der Waals surface area contributed by atoms with E-state index in [9.17, 15) is 0 Å². The Morgan fingerprint density at radius 2 is 1.94 bits per heavy atom. The molecule has 0 amide bonds. The van der Waals surface area contributed by atoms with Crippen molar-refractivity contribution in [2.24, 2.45) is 0 Å². The van der Waals surface area contributed by atoms with Crippen molar-refractivity contribution in [3.8, 4) is 17.0 Å². The molecule has 6 nitrogen and oxygen atoms in total. The minimum absolute atomic E-state index is 0.302. The first kappa shape index (κ1) is 22.4. The SMILES string of the molecule is CCc1ccc(F)c(C(Nc2ccc3c(N)nccc3c2)c2nc(-c3ccccc3OC)c[nH]2)c1. The first-order valence-corrected chi connectivity index (χ1v) is 11.4. The Morgan fingerprint density at radius 1 is 1.09 bits per heavy atom. The number of imidazole rings is 1. The van der Waals surface area contributed by atoms with Crippen molar-refractivity contribution in [1.29, 1.82) is 0 Å². The fourth-order valence-corrected chi connectivity index (χ4v) is 4.26. The van der Waals surface area contributed by atoms with Crippen LogP contribution in [0.1, 0.15) is 29.9 Å². The van der Waals surface area contributed by atoms with Gasteiger partial charge in [0.1, 0.15) is 29.3 Å². The van der Waals surface area contributed by atoms with E-state index in [2.05, 4.69) is 15.3 Å². The highest BCUT2D eigenvalue weighted by Crippen LogP contribution is 2.33. The lowest BCUT2D eigenvalue weighted by atomic mass is 10.0. The van der Waals surface area contributed by atoms with Crippen molar-refractivity contribution in [3.05, 3.63) is 102 Å². The van der Waals surface area contributed by atoms with E-state index >= 15 is 4.39 Å². The Labute approximate surface area is 203 Å². The molecule has 4 N–H and O–H groups in total. The quantitative estimate of drug-likeness (QED) is 0.268. The maximum absolute atomic E-state index is 15.2. The molecule has 0 aliphatic heterocycles. The number of fused-ring (bicyclic) bond motifs is 1. The number of H-pyrrole nitrogens is 1. The first-order chi connectivity index (χ1) is 17.1. The zero-order valence-corrected chi connectivity index (χ0v) is 19.5. The number of nitrogens with zero attached hydrogens (tertiary/aromatic N) is 2. The maximum atomic E-state index is 15.2. The lowest BCUT2D eigenvalue weighted by Gasteiger charge is -2.20. The third-order valence-electron chi connectivity index (χ3n) is 6.14. The highest BCUT2D eigenvalue weighted by atomic mass is 19.1. The summed E-state index contributed by atoms with van der Waals surface area (Å²) in [4.78, 5) is 12.3. The molecule has 0 saturated carbocycles. The van der Waals surface area contributed by atoms with Crippen molar-refractivity contribution < 1.29 is 9.13 Å². The summed E-state index contributed by atoms with van der Waals surface area (Å²) in [6, 6.07) is 20.0. The summed E-state index contributed by atoms with van der Waals surface area (Å²) in [6.45, 7) is 2.05. The molecule has 2 aromatic heterocycles. The van der Waals surface area contributed by atoms with Gasteiger partial charge >= 0.3 is 0 Å². The van der Waals surface area contributed by atoms with Crippen molar-refractivity contribution in [3.63, 3.8) is 0 Å². The molecule has 0 spiro atoms. The fraction of sp³-hybridized carbons (Fsp3) is 0.143. The number of nitrogens with two attached hydrogens (primary N) is 1. The second kappa shape index (κ2) is 9.46. The van der Waals surface area contributed by atoms with Crippen LogP contribution in [0, 0.1) is 5.82 Å². The number of hydrogen-bond acceptors (Lipinski definition) is 5. The van der Waals surface area contributed by atoms with Gasteiger partial charge in [0, 0.05) is 34.6 Å². The molecule has 0 saturated heterocycles. The third kappa shape index (κ3) is 4.40. The number of rotatable bonds is 7. The number of aromatic nitrogens is 3. The van der Waals surface area contributed by atoms with Gasteiger partial charge in [-0.05, 0) is 59.8 Å². The summed E-state index contributed by atoms with van der Waals surface area (Å²) in [5, 5.41) is 5.29. The number of aryl methyl sites for hydroxylation is 1. The zero-order valence-electron chi connectivity index (χ0n) is 19.5. The van der Waals surface area contributed by atoms with E-state index in [1.54, 1.807) is 13.3 Å². The summed E-state index contributed by atoms with van der Waals surface area (Å²) in [7, 11) is 1.63. The summed E-state index contributed by atoms with van der Waals surface area (Å²) in [5.74, 6) is 1.48. The highest BCUT2D eigenvalue weighted by molar-refractivity contribution is 5.92. The Kier molecular flexibility index (Phi) is 6.06. The van der Waals surface area contributed by atoms with Crippen LogP contribution in [0.25, 0.3) is 22.0 Å². The van der Waals surface area contributed by atoms with Gasteiger partial charge in [-0.25, -0.2) is 14.4 Å². The zero-order chi connectivity index (χ0) is 24.4. The van der Waals surface area contributed by atoms with E-state index in [1.807, 2.05) is 73.8 Å². The third-order valence-corrected chi connectivity index (χ3v) is 6.14. The van der Waals surface area contributed by atoms with Gasteiger partial charge in [-0.2, -0.15) is 0 Å². The lowest BCUT2D eigenvalue weighted by Crippen LogP contribution is -2.16. The van der Waals surface area contributed by atoms with Gasteiger partial charge in [0.25, 0.3) is 0 Å². The van der Waals surface area contributed by atoms with E-state index in [0.29, 0.717) is 22.9 Å². The number of nitrogens with one attached hydrogen (secondary N) is 2. The molecule has 5 aromatic rings. The highest BCUT2D eigenvalue weighted by Gasteiger charge is 2.23. The van der Waals surface area contributed by atoms with Gasteiger partial charge < -0.3 is 20.8 Å². The molecule has 0 fully saturated rings. The van der Waals surface area contributed by atoms with Crippen LogP contribution < -0.4 is 15.8 Å². The van der Waals surface area contributed by atoms with Gasteiger partial charge in [0.15, 0.2) is 0 Å². The molecule has 176 valence electrons. The van der Waals surface area contributed by atoms with E-state index in [4.69, 9.17) is 15.5 Å². The Hall–Kier alpha value is -4.39. The minimum atomic E-state index is -0.554. The standard InChI is InChI=1S/C28H26FN5O/c1-3-17-8-11-23(29)22(14-17)26(33-19-9-10-20-18(15-19)12-13-31-27(20)30)28-32-16-24(34-28)21-6-4-5-7-25(21)35-2/h4-16,26,33H,3H2,1-2H3,(H2,30,31)(H,32,34). The average molecular weight is 468 g/mol. The molecule has 3 aromatic carbocycles. The molecule has 35 heavy (non-hydrogen) atoms. The van der Waals surface area contributed by atoms with Crippen molar-refractivity contribution in [2.45, 2.75) is 19.4 Å². The number of nitrogen functional groups attached to an aromatic ring is 1. The number of aromatic amines is 1. The van der Waals surface area contributed by atoms with E-state index in [0.717, 1.165) is 39.8 Å². The molecular formula is C28H26FN5O. The average Bonchev–Trinajstić information content (AvgIpc) is 3.38. The molecular weight excluding hydrogens is 441 g/mol. The molecule has 2 heterocycles. The molecule has 1 unspecified atom stereocenters. The van der Waals surface area contributed by atoms with Crippen LogP contribution in [0.5, 0.6) is 5.75 Å². The van der Waals surface area contributed by atoms with Gasteiger partial charge in [-0.15, -0.1) is 0 Å². The number of ether oxygens (including phenoxy) is 1. The smallest absolute Gasteiger partial charge is 0.134 e. The number of hydrogen-bond donors (Lipinski definition) is 3. The van der Waals surface area contributed by atoms with Crippen molar-refractivity contribution >= 4 is 22.3 Å². The van der Waals surface area contributed by atoms with Crippen molar-refractivity contribution in [1.82, 2.24) is 15.0 Å². The van der Waals surface area contributed by atoms with Crippen LogP contribution in [0.4, 0.5) is 15.9 Å². The topological polar surface area (TPSA) is 88.8 Å². The largest absolute Gasteiger partial charge is 0.496 e. The van der Waals surface area contributed by atoms with Crippen LogP contribution in [0.3, 0.4) is 0 Å². The van der Waals surface area contributed by atoms with Crippen LogP contribution in [-0.4, -0.2) is 22.1 Å². The molecule has 0 aliphatic rings. The predicted octanol–water partition coefficient (Wildman–Crippen LogP) is 6.12. The second-order valence-electron chi connectivity index (χ2n) is 8.29. The summed E-state index contributed by atoms with van der Waals surface area (Å²) in [5.41, 5.74) is 9.95. The number of para-hydroxylation sites is 1. The fourth-order valence-electron chi connectivity index (χ4n) is 4.26. The molecule has 5 rings (SSSR count). The van der Waals surface area contributed by atoms with Gasteiger partial charge in [-0.3, -0.25) is 0 Å². The lowest BCUT2D eigenvalue weighted by molar-refractivity contribution is 0.416. The summed E-state index contributed by atoms with van der Waals surface area (Å²) in [6.07, 6.45) is 4.29. The first-order valence-electron chi connectivity index (χ1n) is 11.4. The molecule has 0 aliphatic carbocycles. The molecule has 1 atom stereocenters. The Balaban J connectivity index is 1.59.